The number of ether oxygens (including phenoxy) is 1. The number of hydrogen-bond acceptors (Lipinski definition) is 5. The second-order valence-corrected chi connectivity index (χ2v) is 4.38. The van der Waals surface area contributed by atoms with Gasteiger partial charge in [0.2, 0.25) is 6.10 Å². The molecule has 1 aromatic carbocycles. The van der Waals surface area contributed by atoms with Crippen molar-refractivity contribution in [1.29, 1.82) is 0 Å². The van der Waals surface area contributed by atoms with Crippen molar-refractivity contribution >= 4 is 12.0 Å². The molecule has 0 radical (unpaired) electrons. The molecule has 0 bridgehead atoms. The van der Waals surface area contributed by atoms with Gasteiger partial charge in [0, 0.05) is 31.4 Å². The fourth-order valence-electron chi connectivity index (χ4n) is 1.83. The lowest BCUT2D eigenvalue weighted by atomic mass is 10.00. The van der Waals surface area contributed by atoms with E-state index in [0.29, 0.717) is 5.71 Å². The molecule has 0 fully saturated rings. The van der Waals surface area contributed by atoms with Gasteiger partial charge < -0.3 is 14.5 Å². The van der Waals surface area contributed by atoms with Crippen LogP contribution < -0.4 is 4.74 Å². The molecule has 1 unspecified atom stereocenters. The van der Waals surface area contributed by atoms with Crippen molar-refractivity contribution in [3.05, 3.63) is 41.6 Å². The Balaban J connectivity index is 2.34. The zero-order valence-electron chi connectivity index (χ0n) is 11.2. The first-order valence-electron chi connectivity index (χ1n) is 5.87. The molecule has 5 nitrogen and oxygen atoms in total. The number of hydrogen-bond donors (Lipinski definition) is 0. The standard InChI is InChI=1S/C14H16N2O3/c1-16(2)8-12-13(9-17)19-15-14(12)10-4-6-11(18-3)7-5-10/h4-9,13H,1-3H3. The van der Waals surface area contributed by atoms with Crippen molar-refractivity contribution in [3.8, 4) is 5.75 Å². The molecule has 1 aliphatic heterocycles. The van der Waals surface area contributed by atoms with E-state index in [4.69, 9.17) is 9.57 Å². The summed E-state index contributed by atoms with van der Waals surface area (Å²) >= 11 is 0. The Bertz CT molecular complexity index is 518. The van der Waals surface area contributed by atoms with E-state index in [2.05, 4.69) is 5.16 Å². The highest BCUT2D eigenvalue weighted by Crippen LogP contribution is 2.23. The number of nitrogens with zero attached hydrogens (tertiary/aromatic N) is 2. The van der Waals surface area contributed by atoms with Crippen molar-refractivity contribution in [2.45, 2.75) is 6.10 Å². The van der Waals surface area contributed by atoms with Gasteiger partial charge in [0.05, 0.1) is 7.11 Å². The topological polar surface area (TPSA) is 51.1 Å². The summed E-state index contributed by atoms with van der Waals surface area (Å²) in [7, 11) is 5.39. The van der Waals surface area contributed by atoms with Gasteiger partial charge in [0.15, 0.2) is 6.29 Å². The van der Waals surface area contributed by atoms with Crippen LogP contribution >= 0.6 is 0 Å². The summed E-state index contributed by atoms with van der Waals surface area (Å²) in [5.41, 5.74) is 2.32. The number of oxime groups is 1. The Morgan fingerprint density at radius 1 is 1.32 bits per heavy atom. The summed E-state index contributed by atoms with van der Waals surface area (Å²) in [5.74, 6) is 0.772. The van der Waals surface area contributed by atoms with Crippen molar-refractivity contribution in [3.63, 3.8) is 0 Å². The van der Waals surface area contributed by atoms with E-state index in [1.807, 2.05) is 49.5 Å². The molecule has 100 valence electrons. The molecule has 1 aliphatic rings. The Hall–Kier alpha value is -2.30. The van der Waals surface area contributed by atoms with Crippen molar-refractivity contribution in [2.24, 2.45) is 5.16 Å². The molecule has 0 saturated heterocycles. The van der Waals surface area contributed by atoms with Crippen molar-refractivity contribution in [1.82, 2.24) is 4.90 Å². The largest absolute Gasteiger partial charge is 0.497 e. The quantitative estimate of drug-likeness (QED) is 0.769. The molecule has 0 N–H and O–H groups in total. The predicted octanol–water partition coefficient (Wildman–Crippen LogP) is 1.44. The molecule has 0 aliphatic carbocycles. The lowest BCUT2D eigenvalue weighted by Crippen LogP contribution is -2.18. The second-order valence-electron chi connectivity index (χ2n) is 4.38. The first kappa shape index (κ1) is 13.1. The summed E-state index contributed by atoms with van der Waals surface area (Å²) < 4.78 is 5.12. The fourth-order valence-corrected chi connectivity index (χ4v) is 1.83. The maximum atomic E-state index is 11.0. The first-order chi connectivity index (χ1) is 9.15. The van der Waals surface area contributed by atoms with Gasteiger partial charge in [-0.15, -0.1) is 0 Å². The highest BCUT2D eigenvalue weighted by molar-refractivity contribution is 6.15. The van der Waals surface area contributed by atoms with Crippen molar-refractivity contribution in [2.75, 3.05) is 21.2 Å². The number of carbonyl (C=O) groups excluding carboxylic acids is 1. The maximum Gasteiger partial charge on any atom is 0.211 e. The van der Waals surface area contributed by atoms with Gasteiger partial charge in [-0.2, -0.15) is 0 Å². The molecular formula is C14H16N2O3. The van der Waals surface area contributed by atoms with Gasteiger partial charge in [0.25, 0.3) is 0 Å². The van der Waals surface area contributed by atoms with Crippen LogP contribution in [0.2, 0.25) is 0 Å². The molecule has 0 aromatic heterocycles. The van der Waals surface area contributed by atoms with Gasteiger partial charge in [-0.3, -0.25) is 4.79 Å². The average Bonchev–Trinajstić information content (AvgIpc) is 2.81. The Morgan fingerprint density at radius 3 is 2.53 bits per heavy atom. The Morgan fingerprint density at radius 2 is 2.00 bits per heavy atom. The van der Waals surface area contributed by atoms with E-state index < -0.39 is 6.10 Å². The molecule has 0 spiro atoms. The highest BCUT2D eigenvalue weighted by atomic mass is 16.6. The van der Waals surface area contributed by atoms with E-state index in [-0.39, 0.29) is 0 Å². The van der Waals surface area contributed by atoms with Crippen LogP contribution in [0, 0.1) is 0 Å². The lowest BCUT2D eigenvalue weighted by molar-refractivity contribution is -0.115. The van der Waals surface area contributed by atoms with E-state index in [1.165, 1.54) is 0 Å². The minimum Gasteiger partial charge on any atom is -0.497 e. The van der Waals surface area contributed by atoms with E-state index in [1.54, 1.807) is 7.11 Å². The minimum atomic E-state index is -0.639. The Kier molecular flexibility index (Phi) is 3.85. The van der Waals surface area contributed by atoms with Gasteiger partial charge >= 0.3 is 0 Å². The molecule has 2 rings (SSSR count). The zero-order chi connectivity index (χ0) is 13.8. The summed E-state index contributed by atoms with van der Waals surface area (Å²) in [4.78, 5) is 18.0. The van der Waals surface area contributed by atoms with Gasteiger partial charge in [-0.05, 0) is 24.3 Å². The highest BCUT2D eigenvalue weighted by Gasteiger charge is 2.28. The van der Waals surface area contributed by atoms with Crippen LogP contribution in [0.15, 0.2) is 41.2 Å². The van der Waals surface area contributed by atoms with Crippen LogP contribution in [0.25, 0.3) is 0 Å². The number of rotatable bonds is 4. The molecule has 0 saturated carbocycles. The number of carbonyl (C=O) groups is 1. The number of methoxy groups -OCH3 is 1. The third-order valence-corrected chi connectivity index (χ3v) is 2.72. The molecule has 1 heterocycles. The molecule has 1 atom stereocenters. The minimum absolute atomic E-state index is 0.639. The lowest BCUT2D eigenvalue weighted by Gasteiger charge is -2.10. The summed E-state index contributed by atoms with van der Waals surface area (Å²) in [6.07, 6.45) is 1.95. The summed E-state index contributed by atoms with van der Waals surface area (Å²) in [6, 6.07) is 7.47. The van der Waals surface area contributed by atoms with Crippen molar-refractivity contribution < 1.29 is 14.4 Å². The zero-order valence-corrected chi connectivity index (χ0v) is 11.2. The SMILES string of the molecule is COc1ccc(C2=NOC(C=O)C2=CN(C)C)cc1. The average molecular weight is 260 g/mol. The van der Waals surface area contributed by atoms with E-state index >= 15 is 0 Å². The summed E-state index contributed by atoms with van der Waals surface area (Å²) in [6.45, 7) is 0. The van der Waals surface area contributed by atoms with E-state index in [9.17, 15) is 4.79 Å². The van der Waals surface area contributed by atoms with Gasteiger partial charge in [-0.25, -0.2) is 0 Å². The molecular weight excluding hydrogens is 244 g/mol. The fraction of sp³-hybridized carbons (Fsp3) is 0.286. The molecule has 0 amide bonds. The molecule has 19 heavy (non-hydrogen) atoms. The first-order valence-corrected chi connectivity index (χ1v) is 5.87. The van der Waals surface area contributed by atoms with Crippen LogP contribution in [0.5, 0.6) is 5.75 Å². The van der Waals surface area contributed by atoms with E-state index in [0.717, 1.165) is 23.2 Å². The van der Waals surface area contributed by atoms with Crippen LogP contribution in [0.1, 0.15) is 5.56 Å². The third-order valence-electron chi connectivity index (χ3n) is 2.72. The molecule has 1 aromatic rings. The van der Waals surface area contributed by atoms with Crippen LogP contribution in [-0.2, 0) is 9.63 Å². The number of aldehydes is 1. The van der Waals surface area contributed by atoms with Crippen LogP contribution in [-0.4, -0.2) is 44.2 Å². The number of benzene rings is 1. The predicted molar refractivity (Wildman–Crippen MR) is 72.2 cm³/mol. The Labute approximate surface area is 112 Å². The smallest absolute Gasteiger partial charge is 0.211 e. The third kappa shape index (κ3) is 2.76. The monoisotopic (exact) mass is 260 g/mol. The van der Waals surface area contributed by atoms with Crippen LogP contribution in [0.3, 0.4) is 0 Å². The van der Waals surface area contributed by atoms with Gasteiger partial charge in [-0.1, -0.05) is 5.16 Å². The molecule has 5 heteroatoms. The maximum absolute atomic E-state index is 11.0. The second kappa shape index (κ2) is 5.56. The normalized spacial score (nSPS) is 19.8. The van der Waals surface area contributed by atoms with Gasteiger partial charge in [0.1, 0.15) is 11.5 Å². The van der Waals surface area contributed by atoms with Crippen LogP contribution in [0.4, 0.5) is 0 Å². The summed E-state index contributed by atoms with van der Waals surface area (Å²) in [5, 5.41) is 4.00.